The van der Waals surface area contributed by atoms with E-state index in [1.165, 1.54) is 0 Å². The van der Waals surface area contributed by atoms with Crippen LogP contribution in [0.1, 0.15) is 12.5 Å². The molecule has 1 aliphatic rings. The van der Waals surface area contributed by atoms with Gasteiger partial charge >= 0.3 is 0 Å². The minimum atomic E-state index is 0.206. The fourth-order valence-corrected chi connectivity index (χ4v) is 2.08. The first-order valence-corrected chi connectivity index (χ1v) is 6.77. The maximum absolute atomic E-state index is 9.65. The third-order valence-corrected chi connectivity index (χ3v) is 3.00. The summed E-state index contributed by atoms with van der Waals surface area (Å²) in [4.78, 5) is 8.56. The Morgan fingerprint density at radius 3 is 2.86 bits per heavy atom. The number of benzene rings is 1. The van der Waals surface area contributed by atoms with E-state index in [1.54, 1.807) is 35.5 Å². The van der Waals surface area contributed by atoms with Crippen LogP contribution in [0.4, 0.5) is 0 Å². The molecule has 0 aliphatic carbocycles. The van der Waals surface area contributed by atoms with Crippen LogP contribution >= 0.6 is 0 Å². The highest BCUT2D eigenvalue weighted by Gasteiger charge is 2.05. The summed E-state index contributed by atoms with van der Waals surface area (Å²) in [6.45, 7) is 3.78. The van der Waals surface area contributed by atoms with Gasteiger partial charge in [-0.15, -0.1) is 5.10 Å². The van der Waals surface area contributed by atoms with Crippen LogP contribution in [0.3, 0.4) is 0 Å². The van der Waals surface area contributed by atoms with Crippen LogP contribution in [0.25, 0.3) is 17.6 Å². The normalized spacial score (nSPS) is 14.3. The van der Waals surface area contributed by atoms with Crippen molar-refractivity contribution in [2.45, 2.75) is 13.8 Å². The number of phenolic OH excluding ortho intramolecular Hbond substituents is 1. The summed E-state index contributed by atoms with van der Waals surface area (Å²) in [6, 6.07) is 5.26. The zero-order chi connectivity index (χ0) is 15.5. The number of aliphatic imine (C=N–C) groups is 1. The molecule has 0 spiro atoms. The Hall–Kier alpha value is -3.09. The standard InChI is InChI=1S/C15H16N6O/c1-10-5-12(7-14(22)6-10)15-16-9-21(20-15)4-3-13-8-17-19-11(2)18-13/h3-9,17,22H,1-2H3,(H,18,19)/b4-3-. The summed E-state index contributed by atoms with van der Waals surface area (Å²) in [6.07, 6.45) is 6.95. The molecule has 7 nitrogen and oxygen atoms in total. The molecule has 3 rings (SSSR count). The highest BCUT2D eigenvalue weighted by atomic mass is 16.3. The summed E-state index contributed by atoms with van der Waals surface area (Å²) in [5, 5.41) is 14.0. The lowest BCUT2D eigenvalue weighted by Crippen LogP contribution is -2.34. The second-order valence-corrected chi connectivity index (χ2v) is 4.96. The average molecular weight is 296 g/mol. The number of hydrogen-bond donors (Lipinski definition) is 3. The lowest BCUT2D eigenvalue weighted by atomic mass is 10.1. The molecule has 0 bridgehead atoms. The van der Waals surface area contributed by atoms with Gasteiger partial charge in [0.05, 0.1) is 5.70 Å². The number of phenols is 1. The second-order valence-electron chi connectivity index (χ2n) is 4.96. The molecule has 0 fully saturated rings. The maximum atomic E-state index is 9.65. The molecule has 0 saturated carbocycles. The van der Waals surface area contributed by atoms with Gasteiger partial charge in [-0.05, 0) is 43.7 Å². The van der Waals surface area contributed by atoms with E-state index in [4.69, 9.17) is 0 Å². The van der Waals surface area contributed by atoms with Crippen molar-refractivity contribution in [1.82, 2.24) is 25.6 Å². The van der Waals surface area contributed by atoms with Crippen LogP contribution in [0, 0.1) is 6.92 Å². The third kappa shape index (κ3) is 3.14. The van der Waals surface area contributed by atoms with Crippen molar-refractivity contribution in [3.05, 3.63) is 48.1 Å². The number of hydrogen-bond acceptors (Lipinski definition) is 6. The van der Waals surface area contributed by atoms with Crippen molar-refractivity contribution < 1.29 is 5.11 Å². The van der Waals surface area contributed by atoms with Crippen LogP contribution in [-0.4, -0.2) is 25.7 Å². The van der Waals surface area contributed by atoms with E-state index >= 15 is 0 Å². The Balaban J connectivity index is 1.80. The molecular formula is C15H16N6O. The average Bonchev–Trinajstić information content (AvgIpc) is 2.93. The van der Waals surface area contributed by atoms with Gasteiger partial charge in [0.2, 0.25) is 0 Å². The summed E-state index contributed by atoms with van der Waals surface area (Å²) in [5.41, 5.74) is 8.29. The summed E-state index contributed by atoms with van der Waals surface area (Å²) in [7, 11) is 0. The van der Waals surface area contributed by atoms with Crippen molar-refractivity contribution in [2.75, 3.05) is 0 Å². The number of aromatic hydroxyl groups is 1. The van der Waals surface area contributed by atoms with E-state index in [0.717, 1.165) is 22.7 Å². The van der Waals surface area contributed by atoms with Crippen molar-refractivity contribution in [2.24, 2.45) is 4.99 Å². The van der Waals surface area contributed by atoms with Crippen LogP contribution in [0.5, 0.6) is 5.75 Å². The molecule has 0 amide bonds. The lowest BCUT2D eigenvalue weighted by molar-refractivity contribution is 0.475. The fraction of sp³-hybridized carbons (Fsp3) is 0.133. The molecule has 2 aromatic rings. The number of rotatable bonds is 3. The van der Waals surface area contributed by atoms with Crippen LogP contribution in [0.15, 0.2) is 47.5 Å². The molecule has 2 heterocycles. The molecule has 0 saturated heterocycles. The lowest BCUT2D eigenvalue weighted by Gasteiger charge is -2.10. The Kier molecular flexibility index (Phi) is 3.61. The highest BCUT2D eigenvalue weighted by Crippen LogP contribution is 2.22. The van der Waals surface area contributed by atoms with Gasteiger partial charge in [0.15, 0.2) is 5.82 Å². The zero-order valence-corrected chi connectivity index (χ0v) is 12.3. The first-order chi connectivity index (χ1) is 10.6. The van der Waals surface area contributed by atoms with Crippen LogP contribution < -0.4 is 10.9 Å². The number of hydrazine groups is 1. The Morgan fingerprint density at radius 1 is 1.23 bits per heavy atom. The molecule has 3 N–H and O–H groups in total. The predicted octanol–water partition coefficient (Wildman–Crippen LogP) is 1.80. The van der Waals surface area contributed by atoms with E-state index in [1.807, 2.05) is 26.0 Å². The monoisotopic (exact) mass is 296 g/mol. The van der Waals surface area contributed by atoms with Gasteiger partial charge in [-0.25, -0.2) is 14.7 Å². The van der Waals surface area contributed by atoms with Gasteiger partial charge < -0.3 is 10.5 Å². The van der Waals surface area contributed by atoms with Gasteiger partial charge in [0, 0.05) is 18.0 Å². The molecule has 22 heavy (non-hydrogen) atoms. The van der Waals surface area contributed by atoms with Gasteiger partial charge in [0.1, 0.15) is 17.9 Å². The number of allylic oxidation sites excluding steroid dienone is 1. The smallest absolute Gasteiger partial charge is 0.181 e. The zero-order valence-electron chi connectivity index (χ0n) is 12.3. The van der Waals surface area contributed by atoms with Crippen molar-refractivity contribution in [3.8, 4) is 17.1 Å². The van der Waals surface area contributed by atoms with E-state index in [2.05, 4.69) is 25.9 Å². The second kappa shape index (κ2) is 5.72. The summed E-state index contributed by atoms with van der Waals surface area (Å²) < 4.78 is 1.60. The predicted molar refractivity (Wildman–Crippen MR) is 84.7 cm³/mol. The SMILES string of the molecule is CC1=NC(/C=C\n2cnc(-c3cc(C)cc(O)c3)n2)=CNN1. The molecule has 0 atom stereocenters. The first kappa shape index (κ1) is 13.9. The molecular weight excluding hydrogens is 280 g/mol. The Labute approximate surface area is 127 Å². The van der Waals surface area contributed by atoms with Crippen LogP contribution in [0.2, 0.25) is 0 Å². The number of nitrogens with one attached hydrogen (secondary N) is 2. The molecule has 1 aliphatic heterocycles. The minimum Gasteiger partial charge on any atom is -0.508 e. The van der Waals surface area contributed by atoms with E-state index in [0.29, 0.717) is 5.82 Å². The minimum absolute atomic E-state index is 0.206. The van der Waals surface area contributed by atoms with Crippen molar-refractivity contribution >= 4 is 12.0 Å². The summed E-state index contributed by atoms with van der Waals surface area (Å²) in [5.74, 6) is 1.55. The van der Waals surface area contributed by atoms with Gasteiger partial charge in [0.25, 0.3) is 0 Å². The highest BCUT2D eigenvalue weighted by molar-refractivity contribution is 5.81. The van der Waals surface area contributed by atoms with E-state index in [9.17, 15) is 5.11 Å². The van der Waals surface area contributed by atoms with Gasteiger partial charge in [-0.1, -0.05) is 0 Å². The van der Waals surface area contributed by atoms with E-state index in [-0.39, 0.29) is 5.75 Å². The number of aromatic nitrogens is 3. The van der Waals surface area contributed by atoms with Gasteiger partial charge in [-0.3, -0.25) is 5.43 Å². The number of nitrogens with zero attached hydrogens (tertiary/aromatic N) is 4. The topological polar surface area (TPSA) is 87.4 Å². The number of amidine groups is 1. The third-order valence-electron chi connectivity index (χ3n) is 3.00. The Morgan fingerprint density at radius 2 is 2.09 bits per heavy atom. The largest absolute Gasteiger partial charge is 0.508 e. The molecule has 1 aromatic carbocycles. The quantitative estimate of drug-likeness (QED) is 0.804. The first-order valence-electron chi connectivity index (χ1n) is 6.77. The molecule has 112 valence electrons. The van der Waals surface area contributed by atoms with Gasteiger partial charge in [-0.2, -0.15) is 0 Å². The maximum Gasteiger partial charge on any atom is 0.181 e. The molecule has 1 aromatic heterocycles. The number of aryl methyl sites for hydroxylation is 1. The summed E-state index contributed by atoms with van der Waals surface area (Å²) >= 11 is 0. The fourth-order valence-electron chi connectivity index (χ4n) is 2.08. The molecule has 0 radical (unpaired) electrons. The van der Waals surface area contributed by atoms with Crippen molar-refractivity contribution in [3.63, 3.8) is 0 Å². The molecule has 7 heteroatoms. The molecule has 0 unspecified atom stereocenters. The Bertz CT molecular complexity index is 767. The van der Waals surface area contributed by atoms with Crippen molar-refractivity contribution in [1.29, 1.82) is 0 Å². The van der Waals surface area contributed by atoms with E-state index < -0.39 is 0 Å². The van der Waals surface area contributed by atoms with Crippen LogP contribution in [-0.2, 0) is 0 Å².